The number of halogens is 2. The van der Waals surface area contributed by atoms with Gasteiger partial charge in [0.1, 0.15) is 0 Å². The number of rotatable bonds is 5. The number of nitrogens with one attached hydrogen (secondary N) is 1. The molecule has 0 spiro atoms. The van der Waals surface area contributed by atoms with Crippen LogP contribution in [-0.4, -0.2) is 34.3 Å². The molecular formula is C13H23Br2NO2. The van der Waals surface area contributed by atoms with Gasteiger partial charge in [0.2, 0.25) is 5.91 Å². The van der Waals surface area contributed by atoms with E-state index in [1.807, 2.05) is 13.8 Å². The van der Waals surface area contributed by atoms with Crippen molar-refractivity contribution in [2.45, 2.75) is 51.9 Å². The fourth-order valence-electron chi connectivity index (χ4n) is 2.44. The Balaban J connectivity index is 2.76. The molecule has 0 aliphatic carbocycles. The molecule has 0 saturated carbocycles. The summed E-state index contributed by atoms with van der Waals surface area (Å²) < 4.78 is 5.74. The predicted molar refractivity (Wildman–Crippen MR) is 81.4 cm³/mol. The van der Waals surface area contributed by atoms with Gasteiger partial charge in [0.05, 0.1) is 23.7 Å². The van der Waals surface area contributed by atoms with E-state index in [9.17, 15) is 4.79 Å². The number of alkyl halides is 2. The molecule has 0 radical (unpaired) electrons. The summed E-state index contributed by atoms with van der Waals surface area (Å²) >= 11 is 6.99. The van der Waals surface area contributed by atoms with E-state index in [1.54, 1.807) is 0 Å². The van der Waals surface area contributed by atoms with Crippen molar-refractivity contribution in [3.8, 4) is 0 Å². The van der Waals surface area contributed by atoms with Crippen LogP contribution in [0.1, 0.15) is 34.1 Å². The van der Waals surface area contributed by atoms with Gasteiger partial charge in [0.25, 0.3) is 0 Å². The molecule has 0 aromatic heterocycles. The molecule has 4 unspecified atom stereocenters. The topological polar surface area (TPSA) is 38.3 Å². The number of hydrogen-bond donors (Lipinski definition) is 1. The molecule has 106 valence electrons. The van der Waals surface area contributed by atoms with Crippen LogP contribution in [0.3, 0.4) is 0 Å². The molecule has 18 heavy (non-hydrogen) atoms. The zero-order valence-electron chi connectivity index (χ0n) is 11.5. The summed E-state index contributed by atoms with van der Waals surface area (Å²) in [5.74, 6) is 0.323. The van der Waals surface area contributed by atoms with Gasteiger partial charge in [0, 0.05) is 10.7 Å². The van der Waals surface area contributed by atoms with Gasteiger partial charge in [-0.15, -0.1) is 0 Å². The summed E-state index contributed by atoms with van der Waals surface area (Å²) in [6.45, 7) is 8.20. The van der Waals surface area contributed by atoms with Crippen molar-refractivity contribution in [3.63, 3.8) is 0 Å². The summed E-state index contributed by atoms with van der Waals surface area (Å²) in [5, 5.41) is 4.69. The van der Waals surface area contributed by atoms with Crippen LogP contribution in [0.2, 0.25) is 0 Å². The van der Waals surface area contributed by atoms with Crippen LogP contribution < -0.4 is 5.32 Å². The zero-order chi connectivity index (χ0) is 13.9. The Kier molecular flexibility index (Phi) is 6.13. The van der Waals surface area contributed by atoms with Crippen LogP contribution in [0.5, 0.6) is 0 Å². The normalized spacial score (nSPS) is 32.6. The Bertz CT molecular complexity index is 286. The number of carbonyl (C=O) groups excluding carboxylic acids is 1. The first kappa shape index (κ1) is 16.4. The first-order valence-corrected chi connectivity index (χ1v) is 8.74. The number of carbonyl (C=O) groups is 1. The molecule has 0 aromatic carbocycles. The minimum absolute atomic E-state index is 0.00444. The molecule has 1 saturated heterocycles. The smallest absolute Gasteiger partial charge is 0.226 e. The monoisotopic (exact) mass is 383 g/mol. The van der Waals surface area contributed by atoms with Crippen molar-refractivity contribution in [1.82, 2.24) is 5.32 Å². The highest BCUT2D eigenvalue weighted by molar-refractivity contribution is 9.09. The maximum Gasteiger partial charge on any atom is 0.226 e. The van der Waals surface area contributed by atoms with E-state index in [1.165, 1.54) is 0 Å². The van der Waals surface area contributed by atoms with Crippen LogP contribution in [0, 0.1) is 11.8 Å². The third-order valence-electron chi connectivity index (χ3n) is 4.12. The number of ether oxygens (including phenoxy) is 1. The Morgan fingerprint density at radius 3 is 2.11 bits per heavy atom. The third-order valence-corrected chi connectivity index (χ3v) is 6.27. The van der Waals surface area contributed by atoms with E-state index in [4.69, 9.17) is 4.74 Å². The van der Waals surface area contributed by atoms with E-state index in [2.05, 4.69) is 51.0 Å². The average Bonchev–Trinajstić information content (AvgIpc) is 2.60. The highest BCUT2D eigenvalue weighted by Crippen LogP contribution is 2.33. The standard InChI is InChI=1S/C13H23Br2NO2/c1-5-13(6-14,7-15)16-12(17)11-8(2)9(3)18-10(11)4/h8-11H,5-7H2,1-4H3,(H,16,17). The lowest BCUT2D eigenvalue weighted by molar-refractivity contribution is -0.128. The van der Waals surface area contributed by atoms with Gasteiger partial charge in [-0.25, -0.2) is 0 Å². The van der Waals surface area contributed by atoms with Crippen molar-refractivity contribution in [2.75, 3.05) is 10.7 Å². The maximum atomic E-state index is 12.5. The van der Waals surface area contributed by atoms with Crippen LogP contribution in [0.25, 0.3) is 0 Å². The molecule has 3 nitrogen and oxygen atoms in total. The molecule has 1 aliphatic heterocycles. The minimum atomic E-state index is -0.206. The average molecular weight is 385 g/mol. The Morgan fingerprint density at radius 2 is 1.78 bits per heavy atom. The highest BCUT2D eigenvalue weighted by Gasteiger charge is 2.43. The molecule has 1 amide bonds. The second kappa shape index (κ2) is 6.71. The van der Waals surface area contributed by atoms with E-state index < -0.39 is 0 Å². The molecule has 4 atom stereocenters. The van der Waals surface area contributed by atoms with Crippen LogP contribution in [-0.2, 0) is 9.53 Å². The van der Waals surface area contributed by atoms with E-state index in [0.717, 1.165) is 17.1 Å². The summed E-state index contributed by atoms with van der Waals surface area (Å²) in [5.41, 5.74) is -0.206. The van der Waals surface area contributed by atoms with Crippen molar-refractivity contribution >= 4 is 37.8 Å². The molecule has 0 bridgehead atoms. The van der Waals surface area contributed by atoms with Crippen molar-refractivity contribution in [2.24, 2.45) is 11.8 Å². The fourth-order valence-corrected chi connectivity index (χ4v) is 4.45. The Hall–Kier alpha value is 0.390. The maximum absolute atomic E-state index is 12.5. The number of amides is 1. The van der Waals surface area contributed by atoms with Crippen LogP contribution >= 0.6 is 31.9 Å². The largest absolute Gasteiger partial charge is 0.374 e. The van der Waals surface area contributed by atoms with Gasteiger partial charge in [-0.05, 0) is 26.2 Å². The van der Waals surface area contributed by atoms with Crippen molar-refractivity contribution in [3.05, 3.63) is 0 Å². The molecule has 1 N–H and O–H groups in total. The second-order valence-corrected chi connectivity index (χ2v) is 6.44. The highest BCUT2D eigenvalue weighted by atomic mass is 79.9. The van der Waals surface area contributed by atoms with E-state index in [0.29, 0.717) is 0 Å². The quantitative estimate of drug-likeness (QED) is 0.739. The third kappa shape index (κ3) is 3.28. The van der Waals surface area contributed by atoms with Crippen molar-refractivity contribution in [1.29, 1.82) is 0 Å². The molecule has 1 rings (SSSR count). The van der Waals surface area contributed by atoms with Crippen LogP contribution in [0.4, 0.5) is 0 Å². The van der Waals surface area contributed by atoms with Gasteiger partial charge >= 0.3 is 0 Å². The Morgan fingerprint density at radius 1 is 1.22 bits per heavy atom. The van der Waals surface area contributed by atoms with E-state index in [-0.39, 0.29) is 35.5 Å². The molecule has 1 aliphatic rings. The summed E-state index contributed by atoms with van der Waals surface area (Å²) in [6.07, 6.45) is 1.04. The van der Waals surface area contributed by atoms with Gasteiger partial charge in [-0.2, -0.15) is 0 Å². The molecule has 1 fully saturated rings. The lowest BCUT2D eigenvalue weighted by Crippen LogP contribution is -2.54. The molecule has 5 heteroatoms. The summed E-state index contributed by atoms with van der Waals surface area (Å²) in [7, 11) is 0. The molecule has 1 heterocycles. The SMILES string of the molecule is CCC(CBr)(CBr)NC(=O)C1C(C)OC(C)C1C. The van der Waals surface area contributed by atoms with Gasteiger partial charge in [0.15, 0.2) is 0 Å². The summed E-state index contributed by atoms with van der Waals surface area (Å²) in [4.78, 5) is 12.5. The Labute approximate surface area is 127 Å². The lowest BCUT2D eigenvalue weighted by atomic mass is 9.87. The van der Waals surface area contributed by atoms with Crippen molar-refractivity contribution < 1.29 is 9.53 Å². The molecular weight excluding hydrogens is 362 g/mol. The van der Waals surface area contributed by atoms with Crippen LogP contribution in [0.15, 0.2) is 0 Å². The predicted octanol–water partition coefficient (Wildman–Crippen LogP) is 3.10. The second-order valence-electron chi connectivity index (χ2n) is 5.32. The summed E-state index contributed by atoms with van der Waals surface area (Å²) in [6, 6.07) is 0. The first-order chi connectivity index (χ1) is 8.40. The zero-order valence-corrected chi connectivity index (χ0v) is 14.7. The first-order valence-electron chi connectivity index (χ1n) is 6.50. The minimum Gasteiger partial charge on any atom is -0.374 e. The molecule has 0 aromatic rings. The van der Waals surface area contributed by atoms with Gasteiger partial charge in [-0.3, -0.25) is 4.79 Å². The van der Waals surface area contributed by atoms with Gasteiger partial charge < -0.3 is 10.1 Å². The number of hydrogen-bond acceptors (Lipinski definition) is 2. The van der Waals surface area contributed by atoms with E-state index >= 15 is 0 Å². The van der Waals surface area contributed by atoms with Gasteiger partial charge in [-0.1, -0.05) is 45.7 Å². The fraction of sp³-hybridized carbons (Fsp3) is 0.923. The lowest BCUT2D eigenvalue weighted by Gasteiger charge is -2.32.